The van der Waals surface area contributed by atoms with Gasteiger partial charge in [0.1, 0.15) is 5.76 Å². The van der Waals surface area contributed by atoms with Crippen LogP contribution in [0.15, 0.2) is 89.0 Å². The Morgan fingerprint density at radius 2 is 1.57 bits per heavy atom. The fraction of sp³-hybridized carbons (Fsp3) is 0.312. The van der Waals surface area contributed by atoms with Gasteiger partial charge in [-0.2, -0.15) is 0 Å². The van der Waals surface area contributed by atoms with Crippen LogP contribution in [-0.4, -0.2) is 15.9 Å². The predicted octanol–water partition coefficient (Wildman–Crippen LogP) is 8.83. The van der Waals surface area contributed by atoms with Crippen LogP contribution in [0, 0.1) is 17.9 Å². The Balaban J connectivity index is 0.000000271. The van der Waals surface area contributed by atoms with Gasteiger partial charge in [-0.25, -0.2) is 0 Å². The van der Waals surface area contributed by atoms with Crippen LogP contribution in [0.5, 0.6) is 0 Å². The number of hydrogen-bond acceptors (Lipinski definition) is 4. The van der Waals surface area contributed by atoms with E-state index in [1.807, 2.05) is 100 Å². The van der Waals surface area contributed by atoms with Crippen molar-refractivity contribution >= 4 is 16.9 Å². The third kappa shape index (κ3) is 8.24. The molecule has 0 atom stereocenters. The van der Waals surface area contributed by atoms with Gasteiger partial charge in [-0.15, -0.1) is 35.9 Å². The molecule has 0 saturated carbocycles. The maximum Gasteiger partial charge on any atom is 0.217 e. The molecule has 37 heavy (non-hydrogen) atoms. The van der Waals surface area contributed by atoms with Crippen molar-refractivity contribution in [3.63, 3.8) is 0 Å². The van der Waals surface area contributed by atoms with E-state index >= 15 is 0 Å². The van der Waals surface area contributed by atoms with E-state index in [9.17, 15) is 9.90 Å². The minimum absolute atomic E-state index is 0. The predicted molar refractivity (Wildman–Crippen MR) is 148 cm³/mol. The van der Waals surface area contributed by atoms with Gasteiger partial charge in [0.15, 0.2) is 5.78 Å². The molecule has 4 rings (SSSR count). The van der Waals surface area contributed by atoms with Crippen molar-refractivity contribution in [1.29, 1.82) is 0 Å². The van der Waals surface area contributed by atoms with E-state index < -0.39 is 0 Å². The third-order valence-corrected chi connectivity index (χ3v) is 6.51. The number of nitrogens with zero attached hydrogens (tertiary/aromatic N) is 1. The van der Waals surface area contributed by atoms with E-state index in [1.54, 1.807) is 0 Å². The zero-order valence-corrected chi connectivity index (χ0v) is 24.4. The van der Waals surface area contributed by atoms with Gasteiger partial charge in [0.2, 0.25) is 5.71 Å². The Morgan fingerprint density at radius 3 is 2.16 bits per heavy atom. The van der Waals surface area contributed by atoms with Crippen molar-refractivity contribution in [3.8, 4) is 22.6 Å². The van der Waals surface area contributed by atoms with Crippen molar-refractivity contribution in [2.45, 2.75) is 53.4 Å². The number of carbonyl (C=O) groups excluding carboxylic acids is 1. The summed E-state index contributed by atoms with van der Waals surface area (Å²) in [6.07, 6.45) is 4.91. The molecule has 0 unspecified atom stereocenters. The molecular formula is C32H36IrNO3-. The van der Waals surface area contributed by atoms with Crippen molar-refractivity contribution in [2.75, 3.05) is 0 Å². The minimum Gasteiger partial charge on any atom is -0.512 e. The molecule has 197 valence electrons. The Labute approximate surface area is 234 Å². The monoisotopic (exact) mass is 675 g/mol. The van der Waals surface area contributed by atoms with Crippen LogP contribution in [-0.2, 0) is 24.9 Å². The average molecular weight is 675 g/mol. The van der Waals surface area contributed by atoms with Gasteiger partial charge >= 0.3 is 0 Å². The smallest absolute Gasteiger partial charge is 0.217 e. The first-order valence-electron chi connectivity index (χ1n) is 12.9. The van der Waals surface area contributed by atoms with Crippen LogP contribution in [0.25, 0.3) is 33.7 Å². The third-order valence-electron chi connectivity index (χ3n) is 6.51. The van der Waals surface area contributed by atoms with E-state index in [-0.39, 0.29) is 43.5 Å². The van der Waals surface area contributed by atoms with E-state index in [0.717, 1.165) is 53.7 Å². The number of carbonyl (C=O) groups is 1. The summed E-state index contributed by atoms with van der Waals surface area (Å²) in [6.45, 7) is 8.07. The zero-order valence-electron chi connectivity index (χ0n) is 22.0. The number of hydrogen-bond donors (Lipinski definition) is 1. The number of furan rings is 1. The molecule has 0 aliphatic heterocycles. The van der Waals surface area contributed by atoms with Gasteiger partial charge in [0.25, 0.3) is 0 Å². The van der Waals surface area contributed by atoms with Crippen molar-refractivity contribution in [3.05, 3.63) is 90.7 Å². The van der Waals surface area contributed by atoms with E-state index in [2.05, 4.69) is 11.1 Å². The van der Waals surface area contributed by atoms with Crippen LogP contribution in [0.4, 0.5) is 0 Å². The molecule has 2 aromatic carbocycles. The number of pyridine rings is 1. The largest absolute Gasteiger partial charge is 0.512 e. The first-order valence-corrected chi connectivity index (χ1v) is 12.9. The first-order chi connectivity index (χ1) is 17.5. The molecule has 2 heterocycles. The van der Waals surface area contributed by atoms with Crippen LogP contribution >= 0.6 is 0 Å². The molecule has 1 N–H and O–H groups in total. The van der Waals surface area contributed by atoms with Crippen molar-refractivity contribution in [2.24, 2.45) is 11.8 Å². The minimum atomic E-state index is 0. The first kappa shape index (κ1) is 30.2. The molecular weight excluding hydrogens is 639 g/mol. The molecule has 4 nitrogen and oxygen atoms in total. The van der Waals surface area contributed by atoms with Gasteiger partial charge in [0, 0.05) is 49.0 Å². The van der Waals surface area contributed by atoms with Crippen molar-refractivity contribution in [1.82, 2.24) is 4.98 Å². The number of aromatic nitrogens is 1. The quantitative estimate of drug-likeness (QED) is 0.110. The summed E-state index contributed by atoms with van der Waals surface area (Å²) in [5.41, 5.74) is 3.56. The summed E-state index contributed by atoms with van der Waals surface area (Å²) in [5, 5.41) is 10.8. The molecule has 5 heteroatoms. The van der Waals surface area contributed by atoms with Gasteiger partial charge in [-0.1, -0.05) is 70.2 Å². The van der Waals surface area contributed by atoms with E-state index in [1.165, 1.54) is 6.08 Å². The summed E-state index contributed by atoms with van der Waals surface area (Å²) in [7, 11) is 0. The Hall–Kier alpha value is -3.01. The molecule has 0 spiro atoms. The summed E-state index contributed by atoms with van der Waals surface area (Å²) < 4.78 is 5.89. The van der Waals surface area contributed by atoms with Crippen LogP contribution in [0.3, 0.4) is 0 Å². The van der Waals surface area contributed by atoms with Crippen molar-refractivity contribution < 1.29 is 34.4 Å². The Kier molecular flexibility index (Phi) is 12.5. The van der Waals surface area contributed by atoms with Crippen LogP contribution in [0.1, 0.15) is 53.4 Å². The molecule has 4 aromatic rings. The Bertz CT molecular complexity index is 1220. The fourth-order valence-corrected chi connectivity index (χ4v) is 4.14. The van der Waals surface area contributed by atoms with Gasteiger partial charge in [-0.3, -0.25) is 9.78 Å². The second kappa shape index (κ2) is 15.3. The zero-order chi connectivity index (χ0) is 25.9. The second-order valence-electron chi connectivity index (χ2n) is 8.84. The molecule has 0 fully saturated rings. The van der Waals surface area contributed by atoms with E-state index in [0.29, 0.717) is 5.71 Å². The molecule has 0 aliphatic carbocycles. The van der Waals surface area contributed by atoms with Crippen LogP contribution < -0.4 is 0 Å². The topological polar surface area (TPSA) is 63.3 Å². The number of allylic oxidation sites excluding steroid dienone is 2. The number of aliphatic hydroxyl groups excluding tert-OH is 1. The maximum absolute atomic E-state index is 11.7. The number of benzene rings is 2. The average Bonchev–Trinajstić information content (AvgIpc) is 3.35. The maximum atomic E-state index is 11.7. The molecule has 2 aromatic heterocycles. The fourth-order valence-electron chi connectivity index (χ4n) is 4.14. The number of aliphatic hydroxyl groups is 1. The number of fused-ring (bicyclic) bond motifs is 1. The number of rotatable bonds is 9. The summed E-state index contributed by atoms with van der Waals surface area (Å²) in [6, 6.07) is 27.1. The second-order valence-corrected chi connectivity index (χ2v) is 8.84. The summed E-state index contributed by atoms with van der Waals surface area (Å²) in [5.74, 6) is 1.39. The normalized spacial score (nSPS) is 11.2. The molecule has 0 bridgehead atoms. The van der Waals surface area contributed by atoms with Gasteiger partial charge in [-0.05, 0) is 37.4 Å². The molecule has 0 saturated heterocycles. The van der Waals surface area contributed by atoms with Crippen LogP contribution in [0.2, 0.25) is 0 Å². The summed E-state index contributed by atoms with van der Waals surface area (Å²) >= 11 is 0. The number of ketones is 1. The molecule has 1 radical (unpaired) electrons. The Morgan fingerprint density at radius 1 is 0.919 bits per heavy atom. The molecule has 0 amide bonds. The van der Waals surface area contributed by atoms with Gasteiger partial charge < -0.3 is 9.52 Å². The molecule has 0 aliphatic rings. The standard InChI is InChI=1S/C19H12NO.C13H24O2.Ir/c1-3-7-14(8-4-1)17-12-11-16-13-18(21-19(16)20-17)15-9-5-2-6-10-15;1-5-10(6-2)12(14)9-13(15)11(7-3)8-4;/h1-7,9-13H;9-11,14H,5-8H2,1-4H3;/q-1;;/b;12-9-;. The summed E-state index contributed by atoms with van der Waals surface area (Å²) in [4.78, 5) is 16.3. The SMILES string of the molecule is CCC(CC)C(=O)/C=C(\O)C(CC)CC.[Ir].[c-]1ccccc1-c1ccc2cc(-c3ccccc3)oc2n1. The van der Waals surface area contributed by atoms with E-state index in [4.69, 9.17) is 4.42 Å². The van der Waals surface area contributed by atoms with Gasteiger partial charge in [0.05, 0.1) is 5.76 Å².